The van der Waals surface area contributed by atoms with Gasteiger partial charge < -0.3 is 5.32 Å². The fraction of sp³-hybridized carbons (Fsp3) is 1.00. The SMILES string of the molecule is CC1N(C2CCNC(C)(C)CC2(C)C)CCCC1(C)C. The van der Waals surface area contributed by atoms with Crippen molar-refractivity contribution in [3.8, 4) is 0 Å². The van der Waals surface area contributed by atoms with Gasteiger partial charge in [0.1, 0.15) is 0 Å². The summed E-state index contributed by atoms with van der Waals surface area (Å²) in [5, 5.41) is 3.75. The van der Waals surface area contributed by atoms with Crippen LogP contribution in [0.2, 0.25) is 0 Å². The molecule has 0 spiro atoms. The lowest BCUT2D eigenvalue weighted by atomic mass is 9.71. The first kappa shape index (κ1) is 16.3. The lowest BCUT2D eigenvalue weighted by molar-refractivity contribution is -0.0293. The molecule has 0 aromatic heterocycles. The predicted molar refractivity (Wildman–Crippen MR) is 88.1 cm³/mol. The molecule has 0 saturated carbocycles. The van der Waals surface area contributed by atoms with Gasteiger partial charge in [0, 0.05) is 17.6 Å². The Morgan fingerprint density at radius 3 is 2.30 bits per heavy atom. The number of piperidine rings is 1. The highest BCUT2D eigenvalue weighted by Crippen LogP contribution is 2.43. The summed E-state index contributed by atoms with van der Waals surface area (Å²) in [7, 11) is 0. The van der Waals surface area contributed by atoms with Gasteiger partial charge in [-0.05, 0) is 70.4 Å². The molecule has 2 aliphatic heterocycles. The molecule has 0 bridgehead atoms. The van der Waals surface area contributed by atoms with Crippen LogP contribution in [0.1, 0.15) is 74.1 Å². The quantitative estimate of drug-likeness (QED) is 0.779. The monoisotopic (exact) mass is 280 g/mol. The van der Waals surface area contributed by atoms with Crippen LogP contribution in [0, 0.1) is 10.8 Å². The molecule has 2 heteroatoms. The molecular weight excluding hydrogens is 244 g/mol. The van der Waals surface area contributed by atoms with Crippen molar-refractivity contribution in [2.45, 2.75) is 91.8 Å². The van der Waals surface area contributed by atoms with Gasteiger partial charge in [-0.3, -0.25) is 4.90 Å². The number of hydrogen-bond donors (Lipinski definition) is 1. The highest BCUT2D eigenvalue weighted by Gasteiger charge is 2.45. The lowest BCUT2D eigenvalue weighted by Crippen LogP contribution is -2.56. The van der Waals surface area contributed by atoms with Gasteiger partial charge in [-0.15, -0.1) is 0 Å². The zero-order valence-corrected chi connectivity index (χ0v) is 14.8. The Balaban J connectivity index is 2.22. The van der Waals surface area contributed by atoms with E-state index < -0.39 is 0 Å². The summed E-state index contributed by atoms with van der Waals surface area (Å²) in [6.07, 6.45) is 5.29. The smallest absolute Gasteiger partial charge is 0.0162 e. The van der Waals surface area contributed by atoms with Crippen molar-refractivity contribution in [1.82, 2.24) is 10.2 Å². The summed E-state index contributed by atoms with van der Waals surface area (Å²) in [6, 6.07) is 1.41. The third-order valence-electron chi connectivity index (χ3n) is 6.09. The van der Waals surface area contributed by atoms with E-state index in [-0.39, 0.29) is 5.54 Å². The normalized spacial score (nSPS) is 37.4. The standard InChI is InChI=1S/C18H36N2/c1-14-16(2,3)10-8-12-20(14)15-9-11-19-18(6,7)13-17(15,4)5/h14-15,19H,8-13H2,1-7H3. The zero-order valence-electron chi connectivity index (χ0n) is 14.8. The molecule has 2 unspecified atom stereocenters. The highest BCUT2D eigenvalue weighted by atomic mass is 15.2. The van der Waals surface area contributed by atoms with Crippen LogP contribution in [0.4, 0.5) is 0 Å². The Labute approximate surface area is 126 Å². The lowest BCUT2D eigenvalue weighted by Gasteiger charge is -2.52. The molecule has 0 aliphatic carbocycles. The van der Waals surface area contributed by atoms with Crippen LogP contribution in [0.15, 0.2) is 0 Å². The Kier molecular flexibility index (Phi) is 4.30. The second kappa shape index (κ2) is 5.28. The molecule has 2 atom stereocenters. The van der Waals surface area contributed by atoms with Gasteiger partial charge in [-0.25, -0.2) is 0 Å². The Hall–Kier alpha value is -0.0800. The molecule has 0 aromatic rings. The number of likely N-dealkylation sites (tertiary alicyclic amines) is 1. The average Bonchev–Trinajstić information content (AvgIpc) is 2.37. The van der Waals surface area contributed by atoms with Crippen molar-refractivity contribution in [2.75, 3.05) is 13.1 Å². The van der Waals surface area contributed by atoms with E-state index in [0.717, 1.165) is 6.54 Å². The van der Waals surface area contributed by atoms with E-state index in [9.17, 15) is 0 Å². The van der Waals surface area contributed by atoms with Gasteiger partial charge in [0.15, 0.2) is 0 Å². The van der Waals surface area contributed by atoms with Crippen molar-refractivity contribution < 1.29 is 0 Å². The number of nitrogens with zero attached hydrogens (tertiary/aromatic N) is 1. The van der Waals surface area contributed by atoms with E-state index >= 15 is 0 Å². The first-order chi connectivity index (χ1) is 9.05. The molecule has 2 nitrogen and oxygen atoms in total. The van der Waals surface area contributed by atoms with E-state index in [4.69, 9.17) is 0 Å². The molecule has 118 valence electrons. The van der Waals surface area contributed by atoms with Crippen LogP contribution in [0.3, 0.4) is 0 Å². The third-order valence-corrected chi connectivity index (χ3v) is 6.09. The topological polar surface area (TPSA) is 15.3 Å². The molecule has 2 fully saturated rings. The summed E-state index contributed by atoms with van der Waals surface area (Å²) in [5.41, 5.74) is 1.12. The van der Waals surface area contributed by atoms with Crippen molar-refractivity contribution >= 4 is 0 Å². The van der Waals surface area contributed by atoms with Crippen molar-refractivity contribution in [1.29, 1.82) is 0 Å². The first-order valence-corrected chi connectivity index (χ1v) is 8.56. The van der Waals surface area contributed by atoms with E-state index in [1.165, 1.54) is 32.2 Å². The third kappa shape index (κ3) is 3.22. The van der Waals surface area contributed by atoms with Gasteiger partial charge >= 0.3 is 0 Å². The number of rotatable bonds is 1. The fourth-order valence-electron chi connectivity index (χ4n) is 4.87. The summed E-state index contributed by atoms with van der Waals surface area (Å²) >= 11 is 0. The Morgan fingerprint density at radius 1 is 1.00 bits per heavy atom. The van der Waals surface area contributed by atoms with Crippen molar-refractivity contribution in [3.63, 3.8) is 0 Å². The molecule has 1 N–H and O–H groups in total. The minimum absolute atomic E-state index is 0.271. The Bertz CT molecular complexity index is 343. The molecule has 0 aromatic carbocycles. The largest absolute Gasteiger partial charge is 0.312 e. The average molecular weight is 280 g/mol. The molecular formula is C18H36N2. The minimum atomic E-state index is 0.271. The van der Waals surface area contributed by atoms with Crippen LogP contribution in [-0.4, -0.2) is 35.6 Å². The predicted octanol–water partition coefficient (Wildman–Crippen LogP) is 4.05. The summed E-state index contributed by atoms with van der Waals surface area (Å²) < 4.78 is 0. The zero-order chi connectivity index (χ0) is 15.2. The molecule has 2 saturated heterocycles. The van der Waals surface area contributed by atoms with Crippen LogP contribution in [0.5, 0.6) is 0 Å². The maximum atomic E-state index is 3.75. The molecule has 2 aliphatic rings. The second-order valence-electron chi connectivity index (χ2n) is 9.29. The second-order valence-corrected chi connectivity index (χ2v) is 9.29. The van der Waals surface area contributed by atoms with Crippen molar-refractivity contribution in [3.05, 3.63) is 0 Å². The maximum absolute atomic E-state index is 3.75. The Morgan fingerprint density at radius 2 is 1.65 bits per heavy atom. The highest BCUT2D eigenvalue weighted by molar-refractivity contribution is 5.00. The number of nitrogens with one attached hydrogen (secondary N) is 1. The fourth-order valence-corrected chi connectivity index (χ4v) is 4.87. The summed E-state index contributed by atoms with van der Waals surface area (Å²) in [4.78, 5) is 2.84. The van der Waals surface area contributed by atoms with Gasteiger partial charge in [0.2, 0.25) is 0 Å². The minimum Gasteiger partial charge on any atom is -0.312 e. The van der Waals surface area contributed by atoms with Crippen LogP contribution >= 0.6 is 0 Å². The molecule has 0 amide bonds. The van der Waals surface area contributed by atoms with Crippen LogP contribution < -0.4 is 5.32 Å². The van der Waals surface area contributed by atoms with Crippen molar-refractivity contribution in [2.24, 2.45) is 10.8 Å². The van der Waals surface area contributed by atoms with Gasteiger partial charge in [0.25, 0.3) is 0 Å². The van der Waals surface area contributed by atoms with Crippen LogP contribution in [-0.2, 0) is 0 Å². The van der Waals surface area contributed by atoms with Gasteiger partial charge in [0.05, 0.1) is 0 Å². The number of hydrogen-bond acceptors (Lipinski definition) is 2. The van der Waals surface area contributed by atoms with E-state index in [1.54, 1.807) is 0 Å². The summed E-state index contributed by atoms with van der Waals surface area (Å²) in [6.45, 7) is 19.5. The molecule has 2 heterocycles. The summed E-state index contributed by atoms with van der Waals surface area (Å²) in [5.74, 6) is 0. The van der Waals surface area contributed by atoms with E-state index in [2.05, 4.69) is 58.7 Å². The van der Waals surface area contributed by atoms with Crippen LogP contribution in [0.25, 0.3) is 0 Å². The van der Waals surface area contributed by atoms with E-state index in [0.29, 0.717) is 22.9 Å². The van der Waals surface area contributed by atoms with Gasteiger partial charge in [-0.1, -0.05) is 27.7 Å². The first-order valence-electron chi connectivity index (χ1n) is 8.56. The molecule has 20 heavy (non-hydrogen) atoms. The molecule has 0 radical (unpaired) electrons. The van der Waals surface area contributed by atoms with E-state index in [1.807, 2.05) is 0 Å². The van der Waals surface area contributed by atoms with Gasteiger partial charge in [-0.2, -0.15) is 0 Å². The maximum Gasteiger partial charge on any atom is 0.0162 e. The molecule has 2 rings (SSSR count).